The van der Waals surface area contributed by atoms with Crippen molar-refractivity contribution in [3.8, 4) is 0 Å². The van der Waals surface area contributed by atoms with Crippen LogP contribution in [0.15, 0.2) is 12.7 Å². The number of Topliss-reactive ketones (excluding diaryl/α,β-unsaturated/α-hetero) is 1. The van der Waals surface area contributed by atoms with Crippen molar-refractivity contribution in [2.24, 2.45) is 22.7 Å². The van der Waals surface area contributed by atoms with Crippen LogP contribution in [0.5, 0.6) is 0 Å². The Hall–Kier alpha value is -0.910. The SMILES string of the molecule is C=C[C@@]1(C)CC(=O)[C@@H]2[C@@]3(C)C(OC(=O)CCN(C)C)CCC(C)(C)[C@@H]3CC[C@@]2(C)O1.Cl. The number of carbonyl (C=O) groups is 2. The van der Waals surface area contributed by atoms with E-state index < -0.39 is 16.6 Å². The van der Waals surface area contributed by atoms with Gasteiger partial charge >= 0.3 is 5.97 Å². The highest BCUT2D eigenvalue weighted by molar-refractivity contribution is 5.86. The van der Waals surface area contributed by atoms with Gasteiger partial charge in [-0.05, 0) is 65.0 Å². The van der Waals surface area contributed by atoms with Gasteiger partial charge < -0.3 is 14.4 Å². The van der Waals surface area contributed by atoms with Gasteiger partial charge in [0, 0.05) is 18.4 Å². The fourth-order valence-electron chi connectivity index (χ4n) is 7.02. The molecule has 2 aliphatic carbocycles. The number of hydrogen-bond donors (Lipinski definition) is 0. The molecular weight excluding hydrogens is 414 g/mol. The molecule has 0 bridgehead atoms. The van der Waals surface area contributed by atoms with Crippen molar-refractivity contribution in [3.63, 3.8) is 0 Å². The van der Waals surface area contributed by atoms with E-state index in [1.807, 2.05) is 25.9 Å². The van der Waals surface area contributed by atoms with Crippen LogP contribution in [0, 0.1) is 22.7 Å². The highest BCUT2D eigenvalue weighted by Gasteiger charge is 2.68. The molecule has 0 aromatic carbocycles. The van der Waals surface area contributed by atoms with E-state index in [9.17, 15) is 9.59 Å². The number of nitrogens with zero attached hydrogens (tertiary/aromatic N) is 1. The van der Waals surface area contributed by atoms with Crippen molar-refractivity contribution in [1.29, 1.82) is 0 Å². The van der Waals surface area contributed by atoms with Gasteiger partial charge in [0.2, 0.25) is 0 Å². The molecule has 178 valence electrons. The average molecular weight is 456 g/mol. The predicted octanol–water partition coefficient (Wildman–Crippen LogP) is 4.82. The van der Waals surface area contributed by atoms with Crippen molar-refractivity contribution in [1.82, 2.24) is 4.90 Å². The van der Waals surface area contributed by atoms with Gasteiger partial charge in [-0.15, -0.1) is 19.0 Å². The first-order chi connectivity index (χ1) is 13.8. The largest absolute Gasteiger partial charge is 0.462 e. The Bertz CT molecular complexity index is 722. The molecule has 1 aliphatic heterocycles. The maximum absolute atomic E-state index is 13.7. The average Bonchev–Trinajstić information content (AvgIpc) is 2.61. The number of rotatable bonds is 5. The third-order valence-corrected chi connectivity index (χ3v) is 8.38. The third-order valence-electron chi connectivity index (χ3n) is 8.38. The summed E-state index contributed by atoms with van der Waals surface area (Å²) in [5.41, 5.74) is -1.52. The highest BCUT2D eigenvalue weighted by Crippen LogP contribution is 2.65. The van der Waals surface area contributed by atoms with E-state index >= 15 is 0 Å². The molecule has 0 aromatic rings. The molecule has 31 heavy (non-hydrogen) atoms. The van der Waals surface area contributed by atoms with E-state index in [0.717, 1.165) is 25.7 Å². The minimum atomic E-state index is -0.631. The van der Waals surface area contributed by atoms with Crippen LogP contribution in [-0.4, -0.2) is 54.6 Å². The maximum atomic E-state index is 13.7. The molecule has 2 saturated carbocycles. The van der Waals surface area contributed by atoms with E-state index in [-0.39, 0.29) is 41.6 Å². The number of carbonyl (C=O) groups excluding carboxylic acids is 2. The summed E-state index contributed by atoms with van der Waals surface area (Å²) in [6.07, 6.45) is 5.84. The fraction of sp³-hybridized carbons (Fsp3) is 0.840. The van der Waals surface area contributed by atoms with Gasteiger partial charge in [0.15, 0.2) is 0 Å². The second kappa shape index (κ2) is 8.79. The van der Waals surface area contributed by atoms with Gasteiger partial charge in [-0.3, -0.25) is 9.59 Å². The molecule has 5 nitrogen and oxygen atoms in total. The van der Waals surface area contributed by atoms with Crippen molar-refractivity contribution in [3.05, 3.63) is 12.7 Å². The Morgan fingerprint density at radius 1 is 1.19 bits per heavy atom. The van der Waals surface area contributed by atoms with Crippen LogP contribution in [-0.2, 0) is 19.1 Å². The Balaban J connectivity index is 0.00000341. The van der Waals surface area contributed by atoms with E-state index in [1.54, 1.807) is 6.08 Å². The number of fused-ring (bicyclic) bond motifs is 3. The van der Waals surface area contributed by atoms with Gasteiger partial charge in [-0.25, -0.2) is 0 Å². The number of ether oxygens (including phenoxy) is 2. The Kier molecular flexibility index (Phi) is 7.47. The molecule has 1 heterocycles. The first-order valence-electron chi connectivity index (χ1n) is 11.5. The summed E-state index contributed by atoms with van der Waals surface area (Å²) in [7, 11) is 3.91. The molecule has 6 atom stereocenters. The summed E-state index contributed by atoms with van der Waals surface area (Å²) in [6, 6.07) is 0. The summed E-state index contributed by atoms with van der Waals surface area (Å²) >= 11 is 0. The van der Waals surface area contributed by atoms with Crippen molar-refractivity contribution >= 4 is 24.2 Å². The lowest BCUT2D eigenvalue weighted by molar-refractivity contribution is -0.263. The van der Waals surface area contributed by atoms with Crippen LogP contribution in [0.3, 0.4) is 0 Å². The minimum absolute atomic E-state index is 0. The topological polar surface area (TPSA) is 55.8 Å². The smallest absolute Gasteiger partial charge is 0.307 e. The van der Waals surface area contributed by atoms with E-state index in [0.29, 0.717) is 25.3 Å². The van der Waals surface area contributed by atoms with Crippen LogP contribution < -0.4 is 0 Å². The predicted molar refractivity (Wildman–Crippen MR) is 125 cm³/mol. The molecule has 0 aromatic heterocycles. The van der Waals surface area contributed by atoms with Gasteiger partial charge in [-0.1, -0.05) is 26.8 Å². The first-order valence-corrected chi connectivity index (χ1v) is 11.5. The van der Waals surface area contributed by atoms with E-state index in [1.165, 1.54) is 0 Å². The summed E-state index contributed by atoms with van der Waals surface area (Å²) in [4.78, 5) is 28.3. The molecular formula is C25H42ClNO4. The molecule has 0 spiro atoms. The zero-order valence-electron chi connectivity index (χ0n) is 20.5. The number of ketones is 1. The lowest BCUT2D eigenvalue weighted by Crippen LogP contribution is -2.69. The molecule has 0 amide bonds. The van der Waals surface area contributed by atoms with Crippen LogP contribution in [0.2, 0.25) is 0 Å². The lowest BCUT2D eigenvalue weighted by Gasteiger charge is -2.65. The zero-order chi connectivity index (χ0) is 22.5. The van der Waals surface area contributed by atoms with E-state index in [4.69, 9.17) is 9.47 Å². The summed E-state index contributed by atoms with van der Waals surface area (Å²) in [6.45, 7) is 15.4. The van der Waals surface area contributed by atoms with Crippen molar-refractivity contribution in [2.45, 2.75) is 90.4 Å². The number of hydrogen-bond acceptors (Lipinski definition) is 5. The fourth-order valence-corrected chi connectivity index (χ4v) is 7.02. The molecule has 6 heteroatoms. The quantitative estimate of drug-likeness (QED) is 0.439. The maximum Gasteiger partial charge on any atom is 0.307 e. The normalized spacial score (nSPS) is 41.5. The second-order valence-corrected chi connectivity index (χ2v) is 11.5. The molecule has 0 N–H and O–H groups in total. The molecule has 3 rings (SSSR count). The highest BCUT2D eigenvalue weighted by atomic mass is 35.5. The van der Waals surface area contributed by atoms with Gasteiger partial charge in [0.1, 0.15) is 11.9 Å². The summed E-state index contributed by atoms with van der Waals surface area (Å²) in [5.74, 6) is 0.0956. The summed E-state index contributed by atoms with van der Waals surface area (Å²) < 4.78 is 12.7. The Labute approximate surface area is 194 Å². The monoisotopic (exact) mass is 455 g/mol. The van der Waals surface area contributed by atoms with Crippen LogP contribution in [0.25, 0.3) is 0 Å². The Morgan fingerprint density at radius 2 is 1.84 bits per heavy atom. The summed E-state index contributed by atoms with van der Waals surface area (Å²) in [5, 5.41) is 0. The standard InChI is InChI=1S/C25H41NO4.ClH/c1-9-23(4)16-17(27)21-24(5,30-23)14-10-18-22(2,3)13-11-19(25(18,21)6)29-20(28)12-15-26(7)8;/h9,18-19,21H,1,10-16H2,2-8H3;1H/t18-,19?,21-,23-,24+,25+;/m0./s1. The second-order valence-electron chi connectivity index (χ2n) is 11.5. The van der Waals surface area contributed by atoms with E-state index in [2.05, 4.69) is 34.3 Å². The first kappa shape index (κ1) is 26.3. The Morgan fingerprint density at radius 3 is 2.42 bits per heavy atom. The molecule has 0 radical (unpaired) electrons. The van der Waals surface area contributed by atoms with Crippen molar-refractivity contribution < 1.29 is 19.1 Å². The van der Waals surface area contributed by atoms with Gasteiger partial charge in [-0.2, -0.15) is 0 Å². The number of halogens is 1. The third kappa shape index (κ3) is 4.60. The number of esters is 1. The molecule has 3 aliphatic rings. The lowest BCUT2D eigenvalue weighted by atomic mass is 9.43. The van der Waals surface area contributed by atoms with Crippen LogP contribution in [0.4, 0.5) is 0 Å². The van der Waals surface area contributed by atoms with Gasteiger partial charge in [0.05, 0.1) is 23.5 Å². The minimum Gasteiger partial charge on any atom is -0.462 e. The molecule has 3 fully saturated rings. The van der Waals surface area contributed by atoms with Crippen LogP contribution in [0.1, 0.15) is 73.1 Å². The van der Waals surface area contributed by atoms with Crippen LogP contribution >= 0.6 is 12.4 Å². The zero-order valence-corrected chi connectivity index (χ0v) is 21.3. The molecule has 1 saturated heterocycles. The van der Waals surface area contributed by atoms with Gasteiger partial charge in [0.25, 0.3) is 0 Å². The van der Waals surface area contributed by atoms with Crippen molar-refractivity contribution in [2.75, 3.05) is 20.6 Å². The molecule has 1 unspecified atom stereocenters.